The Hall–Kier alpha value is -3.39. The second-order valence-corrected chi connectivity index (χ2v) is 9.80. The van der Waals surface area contributed by atoms with Crippen molar-refractivity contribution in [1.82, 2.24) is 10.2 Å². The Morgan fingerprint density at radius 2 is 1.74 bits per heavy atom. The van der Waals surface area contributed by atoms with Crippen LogP contribution in [-0.2, 0) is 0 Å². The number of hydrogen-bond donors (Lipinski definition) is 1. The fourth-order valence-corrected chi connectivity index (χ4v) is 4.67. The molecule has 1 N–H and O–H groups in total. The summed E-state index contributed by atoms with van der Waals surface area (Å²) >= 11 is 13.7. The first-order valence-corrected chi connectivity index (χ1v) is 12.2. The number of fused-ring (bicyclic) bond motifs is 1. The zero-order chi connectivity index (χ0) is 24.7. The van der Waals surface area contributed by atoms with Crippen molar-refractivity contribution >= 4 is 56.5 Å². The van der Waals surface area contributed by atoms with Gasteiger partial charge in [-0.25, -0.2) is 0 Å². The second kappa shape index (κ2) is 9.34. The third-order valence-electron chi connectivity index (χ3n) is 5.62. The van der Waals surface area contributed by atoms with E-state index in [-0.39, 0.29) is 5.76 Å². The van der Waals surface area contributed by atoms with Crippen LogP contribution in [0, 0.1) is 20.8 Å². The molecule has 0 aliphatic rings. The molecule has 0 aliphatic carbocycles. The highest BCUT2D eigenvalue weighted by molar-refractivity contribution is 7.18. The van der Waals surface area contributed by atoms with Crippen LogP contribution in [0.5, 0.6) is 11.5 Å². The van der Waals surface area contributed by atoms with Crippen LogP contribution in [0.2, 0.25) is 10.0 Å². The molecule has 5 aromatic rings. The van der Waals surface area contributed by atoms with E-state index >= 15 is 0 Å². The van der Waals surface area contributed by atoms with Crippen LogP contribution in [0.3, 0.4) is 0 Å². The summed E-state index contributed by atoms with van der Waals surface area (Å²) in [4.78, 5) is 12.9. The number of hydrogen-bond acceptors (Lipinski definition) is 6. The Kier molecular flexibility index (Phi) is 6.23. The molecule has 0 unspecified atom stereocenters. The summed E-state index contributed by atoms with van der Waals surface area (Å²) in [5.41, 5.74) is 3.94. The molecule has 3 aromatic carbocycles. The van der Waals surface area contributed by atoms with E-state index < -0.39 is 5.91 Å². The van der Waals surface area contributed by atoms with Crippen LogP contribution < -0.4 is 10.1 Å². The lowest BCUT2D eigenvalue weighted by Gasteiger charge is -2.09. The maximum Gasteiger partial charge on any atom is 0.293 e. The average molecular weight is 524 g/mol. The van der Waals surface area contributed by atoms with Gasteiger partial charge in [0.05, 0.1) is 0 Å². The third kappa shape index (κ3) is 4.62. The molecule has 5 rings (SSSR count). The van der Waals surface area contributed by atoms with E-state index in [1.54, 1.807) is 0 Å². The lowest BCUT2D eigenvalue weighted by molar-refractivity contribution is 0.0998. The number of benzene rings is 3. The van der Waals surface area contributed by atoms with E-state index in [2.05, 4.69) is 15.5 Å². The zero-order valence-corrected chi connectivity index (χ0v) is 21.3. The molecule has 0 bridgehead atoms. The van der Waals surface area contributed by atoms with Crippen LogP contribution in [0.15, 0.2) is 59.0 Å². The molecule has 0 aliphatic heterocycles. The third-order valence-corrected chi connectivity index (χ3v) is 7.32. The largest absolute Gasteiger partial charge is 0.457 e. The number of aromatic nitrogens is 2. The van der Waals surface area contributed by atoms with Gasteiger partial charge >= 0.3 is 0 Å². The van der Waals surface area contributed by atoms with E-state index in [0.717, 1.165) is 27.6 Å². The van der Waals surface area contributed by atoms with Gasteiger partial charge in [0.25, 0.3) is 5.91 Å². The minimum Gasteiger partial charge on any atom is -0.457 e. The smallest absolute Gasteiger partial charge is 0.293 e. The number of halogens is 2. The van der Waals surface area contributed by atoms with Gasteiger partial charge in [0.1, 0.15) is 22.1 Å². The normalized spacial score (nSPS) is 11.1. The molecule has 0 fully saturated rings. The Bertz CT molecular complexity index is 1580. The number of carbonyl (C=O) groups is 1. The predicted molar refractivity (Wildman–Crippen MR) is 140 cm³/mol. The first-order valence-electron chi connectivity index (χ1n) is 10.7. The minimum atomic E-state index is -0.393. The number of nitrogens with one attached hydrogen (secondary N) is 1. The predicted octanol–water partition coefficient (Wildman–Crippen LogP) is 8.23. The Morgan fingerprint density at radius 3 is 2.51 bits per heavy atom. The fourth-order valence-electron chi connectivity index (χ4n) is 3.59. The molecule has 0 atom stereocenters. The number of aryl methyl sites for hydroxylation is 2. The highest BCUT2D eigenvalue weighted by atomic mass is 35.5. The van der Waals surface area contributed by atoms with Gasteiger partial charge < -0.3 is 9.15 Å². The molecule has 6 nitrogen and oxygen atoms in total. The van der Waals surface area contributed by atoms with Crippen molar-refractivity contribution in [3.8, 4) is 22.1 Å². The van der Waals surface area contributed by atoms with Gasteiger partial charge in [-0.1, -0.05) is 40.6 Å². The lowest BCUT2D eigenvalue weighted by Crippen LogP contribution is -2.11. The Balaban J connectivity index is 1.31. The second-order valence-electron chi connectivity index (χ2n) is 8.01. The number of rotatable bonds is 5. The topological polar surface area (TPSA) is 77.3 Å². The molecule has 2 aromatic heterocycles. The van der Waals surface area contributed by atoms with Gasteiger partial charge in [0, 0.05) is 32.1 Å². The average Bonchev–Trinajstić information content (AvgIpc) is 3.42. The van der Waals surface area contributed by atoms with Gasteiger partial charge in [-0.2, -0.15) is 0 Å². The summed E-state index contributed by atoms with van der Waals surface area (Å²) in [5.74, 6) is 1.20. The number of anilines is 1. The minimum absolute atomic E-state index is 0.219. The van der Waals surface area contributed by atoms with Crippen molar-refractivity contribution in [3.63, 3.8) is 0 Å². The standard InChI is InChI=1S/C26H19Cl2N3O3S/c1-13-11-22-18(12-20(13)28)14(2)23(34-22)24(32)29-26-31-30-25(35-26)16-7-9-17(10-8-16)33-21-6-4-5-19(27)15(21)3/h4-12H,1-3H3,(H,29,31,32). The van der Waals surface area contributed by atoms with Gasteiger partial charge in [0.15, 0.2) is 5.76 Å². The number of nitrogens with zero attached hydrogens (tertiary/aromatic N) is 2. The summed E-state index contributed by atoms with van der Waals surface area (Å²) in [5, 5.41) is 14.2. The van der Waals surface area contributed by atoms with Crippen molar-refractivity contribution in [1.29, 1.82) is 0 Å². The first-order chi connectivity index (χ1) is 16.8. The van der Waals surface area contributed by atoms with E-state index in [0.29, 0.717) is 37.3 Å². The maximum absolute atomic E-state index is 12.9. The van der Waals surface area contributed by atoms with E-state index in [4.69, 9.17) is 32.4 Å². The summed E-state index contributed by atoms with van der Waals surface area (Å²) in [6.45, 7) is 5.62. The van der Waals surface area contributed by atoms with Crippen molar-refractivity contribution in [2.75, 3.05) is 5.32 Å². The van der Waals surface area contributed by atoms with Gasteiger partial charge in [-0.15, -0.1) is 10.2 Å². The van der Waals surface area contributed by atoms with Crippen LogP contribution in [-0.4, -0.2) is 16.1 Å². The van der Waals surface area contributed by atoms with Crippen molar-refractivity contribution < 1.29 is 13.9 Å². The van der Waals surface area contributed by atoms with Crippen LogP contribution in [0.4, 0.5) is 5.13 Å². The summed E-state index contributed by atoms with van der Waals surface area (Å²) < 4.78 is 11.7. The van der Waals surface area contributed by atoms with Gasteiger partial charge in [-0.05, 0) is 74.9 Å². The Morgan fingerprint density at radius 1 is 0.971 bits per heavy atom. The van der Waals surface area contributed by atoms with Crippen molar-refractivity contribution in [2.45, 2.75) is 20.8 Å². The summed E-state index contributed by atoms with van der Waals surface area (Å²) in [6.07, 6.45) is 0. The number of furan rings is 1. The molecule has 9 heteroatoms. The SMILES string of the molecule is Cc1cc2oc(C(=O)Nc3nnc(-c4ccc(Oc5cccc(Cl)c5C)cc4)s3)c(C)c2cc1Cl. The summed E-state index contributed by atoms with van der Waals surface area (Å²) in [7, 11) is 0. The van der Waals surface area contributed by atoms with E-state index in [1.165, 1.54) is 11.3 Å². The molecular formula is C26H19Cl2N3O3S. The monoisotopic (exact) mass is 523 g/mol. The molecule has 0 saturated heterocycles. The molecule has 1 amide bonds. The van der Waals surface area contributed by atoms with Gasteiger partial charge in [-0.3, -0.25) is 10.1 Å². The molecule has 0 saturated carbocycles. The van der Waals surface area contributed by atoms with Crippen LogP contribution in [0.25, 0.3) is 21.5 Å². The molecule has 35 heavy (non-hydrogen) atoms. The maximum atomic E-state index is 12.9. The molecule has 2 heterocycles. The van der Waals surface area contributed by atoms with Gasteiger partial charge in [0.2, 0.25) is 5.13 Å². The quantitative estimate of drug-likeness (QED) is 0.251. The molecule has 0 spiro atoms. The highest BCUT2D eigenvalue weighted by Gasteiger charge is 2.20. The molecular weight excluding hydrogens is 505 g/mol. The summed E-state index contributed by atoms with van der Waals surface area (Å²) in [6, 6.07) is 16.6. The fraction of sp³-hybridized carbons (Fsp3) is 0.115. The molecule has 0 radical (unpaired) electrons. The van der Waals surface area contributed by atoms with Crippen molar-refractivity contribution in [3.05, 3.63) is 87.1 Å². The molecule has 176 valence electrons. The number of amides is 1. The van der Waals surface area contributed by atoms with E-state index in [1.807, 2.05) is 75.4 Å². The number of ether oxygens (including phenoxy) is 1. The zero-order valence-electron chi connectivity index (χ0n) is 19.0. The number of carbonyl (C=O) groups excluding carboxylic acids is 1. The van der Waals surface area contributed by atoms with Crippen molar-refractivity contribution in [2.24, 2.45) is 0 Å². The highest BCUT2D eigenvalue weighted by Crippen LogP contribution is 2.33. The first kappa shape index (κ1) is 23.4. The lowest BCUT2D eigenvalue weighted by atomic mass is 10.1. The van der Waals surface area contributed by atoms with Crippen LogP contribution >= 0.6 is 34.5 Å². The van der Waals surface area contributed by atoms with E-state index in [9.17, 15) is 4.79 Å². The van der Waals surface area contributed by atoms with Crippen LogP contribution in [0.1, 0.15) is 27.2 Å². The Labute approximate surface area is 215 Å².